The summed E-state index contributed by atoms with van der Waals surface area (Å²) >= 11 is 1.07. The molecule has 0 aliphatic carbocycles. The van der Waals surface area contributed by atoms with Gasteiger partial charge in [-0.15, -0.1) is 0 Å². The third-order valence-corrected chi connectivity index (χ3v) is 3.63. The van der Waals surface area contributed by atoms with E-state index >= 15 is 0 Å². The highest BCUT2D eigenvalue weighted by molar-refractivity contribution is 8.13. The highest BCUT2D eigenvalue weighted by Gasteiger charge is 2.22. The Labute approximate surface area is 115 Å². The van der Waals surface area contributed by atoms with Crippen LogP contribution in [0.5, 0.6) is 0 Å². The van der Waals surface area contributed by atoms with Gasteiger partial charge in [0.25, 0.3) is 0 Å². The third kappa shape index (κ3) is 4.49. The summed E-state index contributed by atoms with van der Waals surface area (Å²) in [6.07, 6.45) is -2.13. The highest BCUT2D eigenvalue weighted by Crippen LogP contribution is 2.28. The van der Waals surface area contributed by atoms with Gasteiger partial charge < -0.3 is 15.9 Å². The first-order chi connectivity index (χ1) is 8.82. The molecule has 19 heavy (non-hydrogen) atoms. The second-order valence-electron chi connectivity index (χ2n) is 4.37. The zero-order chi connectivity index (χ0) is 14.6. The monoisotopic (exact) mass is 287 g/mol. The van der Waals surface area contributed by atoms with Crippen molar-refractivity contribution < 1.29 is 19.4 Å². The first-order valence-corrected chi connectivity index (χ1v) is 6.86. The molecule has 0 fully saturated rings. The van der Waals surface area contributed by atoms with Gasteiger partial charge in [0.05, 0.1) is 6.10 Å². The largest absolute Gasteiger partial charge is 0.398 e. The number of nitrogens with two attached hydrogens (primary N) is 1. The Morgan fingerprint density at radius 1 is 1.47 bits per heavy atom. The van der Waals surface area contributed by atoms with Gasteiger partial charge >= 0.3 is 0 Å². The Bertz CT molecular complexity index is 467. The van der Waals surface area contributed by atoms with E-state index in [2.05, 4.69) is 0 Å². The minimum atomic E-state index is -1.26. The summed E-state index contributed by atoms with van der Waals surface area (Å²) in [6, 6.07) is 2.39. The van der Waals surface area contributed by atoms with Crippen molar-refractivity contribution in [3.05, 3.63) is 29.1 Å². The van der Waals surface area contributed by atoms with Crippen LogP contribution in [0.25, 0.3) is 0 Å². The molecule has 1 aromatic rings. The molecule has 6 heteroatoms. The molecule has 0 saturated carbocycles. The van der Waals surface area contributed by atoms with Crippen LogP contribution in [0.3, 0.4) is 0 Å². The molecule has 0 spiro atoms. The summed E-state index contributed by atoms with van der Waals surface area (Å²) in [5.41, 5.74) is 6.73. The van der Waals surface area contributed by atoms with Gasteiger partial charge in [0, 0.05) is 23.9 Å². The number of aliphatic hydroxyl groups excluding tert-OH is 2. The average molecular weight is 287 g/mol. The van der Waals surface area contributed by atoms with E-state index < -0.39 is 18.0 Å². The zero-order valence-electron chi connectivity index (χ0n) is 10.9. The fourth-order valence-electron chi connectivity index (χ4n) is 1.71. The van der Waals surface area contributed by atoms with E-state index in [1.807, 2.05) is 0 Å². The van der Waals surface area contributed by atoms with Crippen LogP contribution in [0.2, 0.25) is 0 Å². The zero-order valence-corrected chi connectivity index (χ0v) is 11.7. The second-order valence-corrected chi connectivity index (χ2v) is 5.64. The van der Waals surface area contributed by atoms with Crippen molar-refractivity contribution in [3.63, 3.8) is 0 Å². The summed E-state index contributed by atoms with van der Waals surface area (Å²) in [4.78, 5) is 10.8. The molecular formula is C13H18FNO3S. The minimum Gasteiger partial charge on any atom is -0.398 e. The van der Waals surface area contributed by atoms with Gasteiger partial charge in [-0.25, -0.2) is 4.39 Å². The van der Waals surface area contributed by atoms with Crippen LogP contribution >= 0.6 is 11.8 Å². The lowest BCUT2D eigenvalue weighted by Crippen LogP contribution is -2.20. The lowest BCUT2D eigenvalue weighted by molar-refractivity contribution is -0.109. The van der Waals surface area contributed by atoms with Crippen LogP contribution < -0.4 is 5.73 Å². The van der Waals surface area contributed by atoms with E-state index in [1.54, 1.807) is 6.92 Å². The minimum absolute atomic E-state index is 0.0530. The second kappa shape index (κ2) is 6.88. The fraction of sp³-hybridized carbons (Fsp3) is 0.462. The quantitative estimate of drug-likeness (QED) is 0.719. The predicted octanol–water partition coefficient (Wildman–Crippen LogP) is 1.78. The lowest BCUT2D eigenvalue weighted by atomic mass is 9.98. The molecule has 2 atom stereocenters. The first kappa shape index (κ1) is 15.9. The number of rotatable bonds is 5. The number of carbonyl (C=O) groups excluding carboxylic acids is 1. The number of aliphatic hydroxyl groups is 2. The van der Waals surface area contributed by atoms with Crippen molar-refractivity contribution in [2.75, 3.05) is 11.5 Å². The highest BCUT2D eigenvalue weighted by atomic mass is 32.2. The summed E-state index contributed by atoms with van der Waals surface area (Å²) in [5.74, 6) is -0.118. The Morgan fingerprint density at radius 2 is 2.11 bits per heavy atom. The molecule has 0 aromatic heterocycles. The molecular weight excluding hydrogens is 269 g/mol. The van der Waals surface area contributed by atoms with Crippen molar-refractivity contribution in [1.29, 1.82) is 0 Å². The molecule has 106 valence electrons. The van der Waals surface area contributed by atoms with Crippen LogP contribution in [0.4, 0.5) is 10.1 Å². The van der Waals surface area contributed by atoms with E-state index in [4.69, 9.17) is 5.73 Å². The normalized spacial score (nSPS) is 14.2. The van der Waals surface area contributed by atoms with E-state index in [1.165, 1.54) is 13.0 Å². The molecule has 0 amide bonds. The van der Waals surface area contributed by atoms with Crippen LogP contribution in [0.15, 0.2) is 12.1 Å². The van der Waals surface area contributed by atoms with Crippen LogP contribution in [-0.4, -0.2) is 27.2 Å². The van der Waals surface area contributed by atoms with Crippen molar-refractivity contribution >= 4 is 22.6 Å². The molecule has 0 heterocycles. The molecule has 0 aliphatic heterocycles. The average Bonchev–Trinajstić information content (AvgIpc) is 2.32. The maximum atomic E-state index is 13.3. The van der Waals surface area contributed by atoms with Crippen molar-refractivity contribution in [2.45, 2.75) is 32.5 Å². The lowest BCUT2D eigenvalue weighted by Gasteiger charge is -2.20. The van der Waals surface area contributed by atoms with Crippen molar-refractivity contribution in [3.8, 4) is 0 Å². The van der Waals surface area contributed by atoms with E-state index in [0.29, 0.717) is 11.3 Å². The number of carbonyl (C=O) groups is 1. The van der Waals surface area contributed by atoms with E-state index in [0.717, 1.165) is 17.8 Å². The van der Waals surface area contributed by atoms with Crippen LogP contribution in [-0.2, 0) is 4.79 Å². The number of benzene rings is 1. The van der Waals surface area contributed by atoms with Gasteiger partial charge in [-0.1, -0.05) is 11.8 Å². The molecule has 0 aliphatic rings. The molecule has 4 N–H and O–H groups in total. The SMILES string of the molecule is CC(=O)SCCC(O)C(O)c1cc(F)cc(C)c1N. The molecule has 1 aromatic carbocycles. The van der Waals surface area contributed by atoms with Gasteiger partial charge in [-0.2, -0.15) is 0 Å². The Balaban J connectivity index is 2.76. The van der Waals surface area contributed by atoms with E-state index in [-0.39, 0.29) is 22.8 Å². The number of hydrogen-bond donors (Lipinski definition) is 3. The third-order valence-electron chi connectivity index (χ3n) is 2.79. The Kier molecular flexibility index (Phi) is 5.78. The molecule has 0 saturated heterocycles. The van der Waals surface area contributed by atoms with Gasteiger partial charge in [0.15, 0.2) is 5.12 Å². The van der Waals surface area contributed by atoms with Gasteiger partial charge in [-0.05, 0) is 31.0 Å². The first-order valence-electron chi connectivity index (χ1n) is 5.88. The van der Waals surface area contributed by atoms with Gasteiger partial charge in [0.1, 0.15) is 11.9 Å². The standard InChI is InChI=1S/C13H18FNO3S/c1-7-5-9(14)6-10(12(7)15)13(18)11(17)3-4-19-8(2)16/h5-6,11,13,17-18H,3-4,15H2,1-2H3. The summed E-state index contributed by atoms with van der Waals surface area (Å²) in [6.45, 7) is 3.06. The number of anilines is 1. The number of nitrogen functional groups attached to an aromatic ring is 1. The Morgan fingerprint density at radius 3 is 2.68 bits per heavy atom. The molecule has 0 bridgehead atoms. The van der Waals surface area contributed by atoms with Gasteiger partial charge in [0.2, 0.25) is 0 Å². The fourth-order valence-corrected chi connectivity index (χ4v) is 2.36. The molecule has 4 nitrogen and oxygen atoms in total. The molecule has 0 radical (unpaired) electrons. The number of hydrogen-bond acceptors (Lipinski definition) is 5. The summed E-state index contributed by atoms with van der Waals surface area (Å²) in [7, 11) is 0. The van der Waals surface area contributed by atoms with E-state index in [9.17, 15) is 19.4 Å². The molecule has 2 unspecified atom stereocenters. The predicted molar refractivity (Wildman–Crippen MR) is 74.3 cm³/mol. The molecule has 1 rings (SSSR count). The van der Waals surface area contributed by atoms with Crippen LogP contribution in [0, 0.1) is 12.7 Å². The number of aryl methyl sites for hydroxylation is 1. The number of thioether (sulfide) groups is 1. The van der Waals surface area contributed by atoms with Crippen molar-refractivity contribution in [1.82, 2.24) is 0 Å². The van der Waals surface area contributed by atoms with Crippen LogP contribution in [0.1, 0.15) is 30.6 Å². The summed E-state index contributed by atoms with van der Waals surface area (Å²) in [5, 5.41) is 19.8. The van der Waals surface area contributed by atoms with Gasteiger partial charge in [-0.3, -0.25) is 4.79 Å². The number of halogens is 1. The maximum absolute atomic E-state index is 13.3. The Hall–Kier alpha value is -1.11. The maximum Gasteiger partial charge on any atom is 0.185 e. The topological polar surface area (TPSA) is 83.5 Å². The summed E-state index contributed by atoms with van der Waals surface area (Å²) < 4.78 is 13.3. The van der Waals surface area contributed by atoms with Crippen molar-refractivity contribution in [2.24, 2.45) is 0 Å². The smallest absolute Gasteiger partial charge is 0.185 e.